The van der Waals surface area contributed by atoms with Crippen LogP contribution in [-0.4, -0.2) is 0 Å². The van der Waals surface area contributed by atoms with E-state index < -0.39 is 17.5 Å². The SMILES string of the molecule is CCCc1c(C)cc(-c2ccc(-c3ccc(-c4cc(C)c(C)c(C)c4C)c(F)c3)c(F)c2F)c(C)c1C. The standard InChI is InChI=1S/C34H35F3/c1-9-10-26-19(3)16-31(24(8)23(26)7)29-14-13-27(33(36)34(29)37)25-11-12-28(32(35)17-25)30-15-18(2)20(4)21(5)22(30)6/h11-17H,9-10H2,1-8H3. The third kappa shape index (κ3) is 4.61. The number of rotatable bonds is 5. The molecule has 0 fully saturated rings. The van der Waals surface area contributed by atoms with Crippen molar-refractivity contribution in [2.24, 2.45) is 0 Å². The maximum atomic E-state index is 15.5. The maximum absolute atomic E-state index is 15.5. The lowest BCUT2D eigenvalue weighted by Crippen LogP contribution is -2.01. The second-order valence-corrected chi connectivity index (χ2v) is 10.3. The summed E-state index contributed by atoms with van der Waals surface area (Å²) in [5.74, 6) is -2.33. The van der Waals surface area contributed by atoms with Crippen LogP contribution >= 0.6 is 0 Å². The molecule has 4 rings (SSSR count). The summed E-state index contributed by atoms with van der Waals surface area (Å²) in [5.41, 5.74) is 11.4. The minimum atomic E-state index is -0.963. The molecule has 4 aromatic rings. The molecule has 3 heteroatoms. The number of benzene rings is 4. The lowest BCUT2D eigenvalue weighted by atomic mass is 9.87. The Morgan fingerprint density at radius 3 is 1.70 bits per heavy atom. The van der Waals surface area contributed by atoms with Gasteiger partial charge in [0.1, 0.15) is 5.82 Å². The van der Waals surface area contributed by atoms with Crippen LogP contribution in [-0.2, 0) is 6.42 Å². The lowest BCUT2D eigenvalue weighted by molar-refractivity contribution is 0.513. The molecule has 37 heavy (non-hydrogen) atoms. The minimum absolute atomic E-state index is 0.0494. The Morgan fingerprint density at radius 2 is 1.05 bits per heavy atom. The first-order valence-electron chi connectivity index (χ1n) is 12.9. The van der Waals surface area contributed by atoms with Gasteiger partial charge in [0, 0.05) is 16.7 Å². The van der Waals surface area contributed by atoms with Crippen molar-refractivity contribution in [3.63, 3.8) is 0 Å². The first kappa shape index (κ1) is 26.7. The summed E-state index contributed by atoms with van der Waals surface area (Å²) in [6.45, 7) is 16.3. The summed E-state index contributed by atoms with van der Waals surface area (Å²) in [6.07, 6.45) is 1.98. The minimum Gasteiger partial charge on any atom is -0.206 e. The van der Waals surface area contributed by atoms with Crippen molar-refractivity contribution < 1.29 is 13.2 Å². The molecule has 0 aliphatic heterocycles. The third-order valence-corrected chi connectivity index (χ3v) is 8.18. The highest BCUT2D eigenvalue weighted by Crippen LogP contribution is 2.38. The first-order valence-corrected chi connectivity index (χ1v) is 12.9. The summed E-state index contributed by atoms with van der Waals surface area (Å²) in [4.78, 5) is 0. The summed E-state index contributed by atoms with van der Waals surface area (Å²) >= 11 is 0. The van der Waals surface area contributed by atoms with Gasteiger partial charge in [-0.05, 0) is 122 Å². The molecule has 0 heterocycles. The predicted octanol–water partition coefficient (Wildman–Crippen LogP) is 10.2. The van der Waals surface area contributed by atoms with Crippen LogP contribution in [0.3, 0.4) is 0 Å². The van der Waals surface area contributed by atoms with E-state index in [1.807, 2.05) is 53.7 Å². The van der Waals surface area contributed by atoms with Gasteiger partial charge in [-0.3, -0.25) is 0 Å². The normalized spacial score (nSPS) is 11.3. The largest absolute Gasteiger partial charge is 0.206 e. The fraction of sp³-hybridized carbons (Fsp3) is 0.294. The van der Waals surface area contributed by atoms with Crippen molar-refractivity contribution in [3.8, 4) is 33.4 Å². The van der Waals surface area contributed by atoms with E-state index >= 15 is 13.2 Å². The highest BCUT2D eigenvalue weighted by Gasteiger charge is 2.21. The molecule has 0 spiro atoms. The molecule has 0 saturated carbocycles. The quantitative estimate of drug-likeness (QED) is 0.256. The molecule has 0 bridgehead atoms. The molecular weight excluding hydrogens is 465 g/mol. The van der Waals surface area contributed by atoms with E-state index in [4.69, 9.17) is 0 Å². The molecule has 0 aromatic heterocycles. The molecule has 0 atom stereocenters. The summed E-state index contributed by atoms with van der Waals surface area (Å²) < 4.78 is 46.3. The fourth-order valence-electron chi connectivity index (χ4n) is 5.42. The van der Waals surface area contributed by atoms with Crippen molar-refractivity contribution in [2.75, 3.05) is 0 Å². The molecule has 0 aliphatic carbocycles. The third-order valence-electron chi connectivity index (χ3n) is 8.18. The molecule has 0 N–H and O–H groups in total. The smallest absolute Gasteiger partial charge is 0.167 e. The number of halogens is 3. The van der Waals surface area contributed by atoms with Crippen LogP contribution in [0.25, 0.3) is 33.4 Å². The second-order valence-electron chi connectivity index (χ2n) is 10.3. The van der Waals surface area contributed by atoms with Crippen molar-refractivity contribution >= 4 is 0 Å². The van der Waals surface area contributed by atoms with Gasteiger partial charge >= 0.3 is 0 Å². The Morgan fingerprint density at radius 1 is 0.514 bits per heavy atom. The Kier molecular flexibility index (Phi) is 7.37. The van der Waals surface area contributed by atoms with Crippen molar-refractivity contribution in [1.29, 1.82) is 0 Å². The van der Waals surface area contributed by atoms with Crippen LogP contribution in [0.15, 0.2) is 42.5 Å². The van der Waals surface area contributed by atoms with Gasteiger partial charge in [0.25, 0.3) is 0 Å². The summed E-state index contributed by atoms with van der Waals surface area (Å²) in [5, 5.41) is 0. The highest BCUT2D eigenvalue weighted by molar-refractivity contribution is 5.78. The van der Waals surface area contributed by atoms with Crippen LogP contribution in [0, 0.1) is 65.9 Å². The molecule has 0 nitrogen and oxygen atoms in total. The van der Waals surface area contributed by atoms with Crippen LogP contribution in [0.1, 0.15) is 57.9 Å². The topological polar surface area (TPSA) is 0 Å². The Hall–Kier alpha value is -3.33. The van der Waals surface area contributed by atoms with Gasteiger partial charge in [0.05, 0.1) is 0 Å². The van der Waals surface area contributed by atoms with Gasteiger partial charge in [-0.25, -0.2) is 13.2 Å². The Bertz CT molecular complexity index is 1530. The second kappa shape index (κ2) is 10.2. The fourth-order valence-corrected chi connectivity index (χ4v) is 5.42. The molecule has 192 valence electrons. The van der Waals surface area contributed by atoms with Crippen molar-refractivity contribution in [1.82, 2.24) is 0 Å². The van der Waals surface area contributed by atoms with Crippen molar-refractivity contribution in [2.45, 2.75) is 68.2 Å². The molecule has 0 amide bonds. The zero-order valence-electron chi connectivity index (χ0n) is 23.1. The monoisotopic (exact) mass is 500 g/mol. The number of aryl methyl sites for hydroxylation is 2. The van der Waals surface area contributed by atoms with E-state index in [0.717, 1.165) is 51.8 Å². The number of hydrogen-bond donors (Lipinski definition) is 0. The lowest BCUT2D eigenvalue weighted by Gasteiger charge is -2.18. The zero-order chi connectivity index (χ0) is 27.2. The van der Waals surface area contributed by atoms with Crippen LogP contribution < -0.4 is 0 Å². The van der Waals surface area contributed by atoms with E-state index in [9.17, 15) is 0 Å². The molecule has 0 saturated heterocycles. The predicted molar refractivity (Wildman–Crippen MR) is 150 cm³/mol. The molecule has 0 radical (unpaired) electrons. The Balaban J connectivity index is 1.79. The zero-order valence-corrected chi connectivity index (χ0v) is 23.1. The number of hydrogen-bond acceptors (Lipinski definition) is 0. The highest BCUT2D eigenvalue weighted by atomic mass is 19.2. The van der Waals surface area contributed by atoms with E-state index in [1.54, 1.807) is 24.3 Å². The summed E-state index contributed by atoms with van der Waals surface area (Å²) in [6, 6.07) is 11.7. The van der Waals surface area contributed by atoms with Gasteiger partial charge in [-0.15, -0.1) is 0 Å². The van der Waals surface area contributed by atoms with Gasteiger partial charge < -0.3 is 0 Å². The van der Waals surface area contributed by atoms with Crippen LogP contribution in [0.5, 0.6) is 0 Å². The average molecular weight is 501 g/mol. The molecule has 0 aliphatic rings. The van der Waals surface area contributed by atoms with Crippen LogP contribution in [0.2, 0.25) is 0 Å². The van der Waals surface area contributed by atoms with E-state index in [1.165, 1.54) is 17.2 Å². The van der Waals surface area contributed by atoms with Gasteiger partial charge in [0.15, 0.2) is 11.6 Å². The van der Waals surface area contributed by atoms with E-state index in [2.05, 4.69) is 13.8 Å². The van der Waals surface area contributed by atoms with Gasteiger partial charge in [-0.1, -0.05) is 49.7 Å². The van der Waals surface area contributed by atoms with E-state index in [0.29, 0.717) is 16.7 Å². The molecule has 4 aromatic carbocycles. The molecular formula is C34H35F3. The van der Waals surface area contributed by atoms with Gasteiger partial charge in [-0.2, -0.15) is 0 Å². The summed E-state index contributed by atoms with van der Waals surface area (Å²) in [7, 11) is 0. The Labute approximate surface area is 219 Å². The maximum Gasteiger partial charge on any atom is 0.167 e. The average Bonchev–Trinajstić information content (AvgIpc) is 2.87. The van der Waals surface area contributed by atoms with E-state index in [-0.39, 0.29) is 11.1 Å². The first-order chi connectivity index (χ1) is 17.5. The van der Waals surface area contributed by atoms with Gasteiger partial charge in [0.2, 0.25) is 0 Å². The van der Waals surface area contributed by atoms with Crippen LogP contribution in [0.4, 0.5) is 13.2 Å². The molecule has 0 unspecified atom stereocenters. The van der Waals surface area contributed by atoms with Crippen molar-refractivity contribution in [3.05, 3.63) is 104 Å².